The molecular formula is C22H26ClN3O5S. The molecule has 0 saturated carbocycles. The zero-order valence-electron chi connectivity index (χ0n) is 17.7. The Hall–Kier alpha value is -2.62. The van der Waals surface area contributed by atoms with Crippen molar-refractivity contribution >= 4 is 39.1 Å². The number of amides is 2. The maximum absolute atomic E-state index is 13.0. The molecule has 2 amide bonds. The molecule has 2 aromatic rings. The highest BCUT2D eigenvalue weighted by Crippen LogP contribution is 2.23. The van der Waals surface area contributed by atoms with Gasteiger partial charge in [-0.15, -0.1) is 0 Å². The van der Waals surface area contributed by atoms with Crippen molar-refractivity contribution in [1.82, 2.24) is 10.2 Å². The molecule has 1 fully saturated rings. The lowest BCUT2D eigenvalue weighted by molar-refractivity contribution is -0.124. The van der Waals surface area contributed by atoms with Crippen LogP contribution in [0, 0.1) is 0 Å². The molecule has 32 heavy (non-hydrogen) atoms. The van der Waals surface area contributed by atoms with Crippen LogP contribution in [0.25, 0.3) is 0 Å². The Balaban J connectivity index is 1.64. The summed E-state index contributed by atoms with van der Waals surface area (Å²) in [7, 11) is -2.17. The zero-order valence-corrected chi connectivity index (χ0v) is 19.3. The fourth-order valence-corrected chi connectivity index (χ4v) is 4.69. The highest BCUT2D eigenvalue weighted by molar-refractivity contribution is 7.92. The van der Waals surface area contributed by atoms with Crippen LogP contribution >= 0.6 is 11.6 Å². The molecule has 1 aliphatic rings. The van der Waals surface area contributed by atoms with E-state index in [9.17, 15) is 18.0 Å². The van der Waals surface area contributed by atoms with Gasteiger partial charge in [0.05, 0.1) is 4.90 Å². The van der Waals surface area contributed by atoms with Gasteiger partial charge in [0.25, 0.3) is 15.9 Å². The van der Waals surface area contributed by atoms with Crippen LogP contribution in [-0.4, -0.2) is 58.0 Å². The highest BCUT2D eigenvalue weighted by atomic mass is 35.5. The minimum Gasteiger partial charge on any atom is -0.385 e. The lowest BCUT2D eigenvalue weighted by atomic mass is 10.1. The van der Waals surface area contributed by atoms with E-state index in [4.69, 9.17) is 16.3 Å². The SMILES string of the molecule is COCCCNC(=O)[C@H]1CCCN1C(=O)c1ccc(NS(=O)(=O)c2ccc(Cl)cc2)cc1. The first-order valence-corrected chi connectivity index (χ1v) is 12.1. The van der Waals surface area contributed by atoms with Crippen LogP contribution in [0.2, 0.25) is 5.02 Å². The molecule has 0 spiro atoms. The van der Waals surface area contributed by atoms with Crippen LogP contribution in [0.5, 0.6) is 0 Å². The quantitative estimate of drug-likeness (QED) is 0.538. The van der Waals surface area contributed by atoms with E-state index in [1.54, 1.807) is 24.1 Å². The van der Waals surface area contributed by atoms with Gasteiger partial charge in [-0.3, -0.25) is 14.3 Å². The van der Waals surface area contributed by atoms with E-state index in [0.717, 1.165) is 6.42 Å². The maximum Gasteiger partial charge on any atom is 0.261 e. The van der Waals surface area contributed by atoms with Gasteiger partial charge in [0.2, 0.25) is 5.91 Å². The molecule has 2 aromatic carbocycles. The van der Waals surface area contributed by atoms with Crippen molar-refractivity contribution in [3.8, 4) is 0 Å². The molecule has 8 nitrogen and oxygen atoms in total. The van der Waals surface area contributed by atoms with E-state index in [-0.39, 0.29) is 16.7 Å². The second-order valence-electron chi connectivity index (χ2n) is 7.43. The lowest BCUT2D eigenvalue weighted by Gasteiger charge is -2.24. The molecule has 1 atom stereocenters. The van der Waals surface area contributed by atoms with Gasteiger partial charge in [0.15, 0.2) is 0 Å². The summed E-state index contributed by atoms with van der Waals surface area (Å²) in [4.78, 5) is 27.1. The van der Waals surface area contributed by atoms with E-state index < -0.39 is 16.1 Å². The molecule has 172 valence electrons. The molecule has 0 aromatic heterocycles. The molecule has 0 bridgehead atoms. The van der Waals surface area contributed by atoms with Gasteiger partial charge < -0.3 is 15.0 Å². The summed E-state index contributed by atoms with van der Waals surface area (Å²) in [5, 5.41) is 3.29. The van der Waals surface area contributed by atoms with Gasteiger partial charge in [0.1, 0.15) is 6.04 Å². The first-order valence-electron chi connectivity index (χ1n) is 10.3. The molecule has 0 aliphatic carbocycles. The summed E-state index contributed by atoms with van der Waals surface area (Å²) in [5.74, 6) is -0.425. The van der Waals surface area contributed by atoms with Crippen LogP contribution in [0.4, 0.5) is 5.69 Å². The van der Waals surface area contributed by atoms with Crippen LogP contribution in [0.1, 0.15) is 29.6 Å². The summed E-state index contributed by atoms with van der Waals surface area (Å²) in [5.41, 5.74) is 0.712. The van der Waals surface area contributed by atoms with E-state index in [1.807, 2.05) is 0 Å². The largest absolute Gasteiger partial charge is 0.385 e. The molecule has 10 heteroatoms. The fourth-order valence-electron chi connectivity index (χ4n) is 3.50. The van der Waals surface area contributed by atoms with Crippen LogP contribution < -0.4 is 10.0 Å². The second-order valence-corrected chi connectivity index (χ2v) is 9.55. The molecule has 1 heterocycles. The minimum atomic E-state index is -3.78. The Morgan fingerprint density at radius 2 is 1.81 bits per heavy atom. The van der Waals surface area contributed by atoms with Gasteiger partial charge >= 0.3 is 0 Å². The third-order valence-corrected chi connectivity index (χ3v) is 6.80. The third kappa shape index (κ3) is 5.99. The van der Waals surface area contributed by atoms with Crippen molar-refractivity contribution in [3.05, 3.63) is 59.1 Å². The Labute approximate surface area is 192 Å². The Bertz CT molecular complexity index is 1040. The van der Waals surface area contributed by atoms with Gasteiger partial charge in [-0.2, -0.15) is 0 Å². The smallest absolute Gasteiger partial charge is 0.261 e. The van der Waals surface area contributed by atoms with Gasteiger partial charge in [0, 0.05) is 43.1 Å². The molecule has 0 unspecified atom stereocenters. The maximum atomic E-state index is 13.0. The molecule has 1 aliphatic heterocycles. The van der Waals surface area contributed by atoms with Crippen molar-refractivity contribution in [1.29, 1.82) is 0 Å². The summed E-state index contributed by atoms with van der Waals surface area (Å²) < 4.78 is 32.5. The summed E-state index contributed by atoms with van der Waals surface area (Å²) in [6.45, 7) is 1.55. The number of hydrogen-bond donors (Lipinski definition) is 2. The standard InChI is InChI=1S/C22H26ClN3O5S/c1-31-15-3-13-24-21(27)20-4-2-14-26(20)22(28)16-5-9-18(10-6-16)25-32(29,30)19-11-7-17(23)8-12-19/h5-12,20,25H,2-4,13-15H2,1H3,(H,24,27)/t20-/m1/s1. The average molecular weight is 480 g/mol. The van der Waals surface area contributed by atoms with Crippen molar-refractivity contribution in [2.75, 3.05) is 31.5 Å². The Morgan fingerprint density at radius 3 is 2.47 bits per heavy atom. The molecule has 2 N–H and O–H groups in total. The van der Waals surface area contributed by atoms with Crippen molar-refractivity contribution in [3.63, 3.8) is 0 Å². The van der Waals surface area contributed by atoms with Crippen molar-refractivity contribution in [2.24, 2.45) is 0 Å². The fraction of sp³-hybridized carbons (Fsp3) is 0.364. The topological polar surface area (TPSA) is 105 Å². The Kier molecular flexibility index (Phi) is 8.11. The number of carbonyl (C=O) groups excluding carboxylic acids is 2. The number of carbonyl (C=O) groups is 2. The number of rotatable bonds is 9. The minimum absolute atomic E-state index is 0.0819. The third-order valence-electron chi connectivity index (χ3n) is 5.15. The van der Waals surface area contributed by atoms with Crippen molar-refractivity contribution < 1.29 is 22.7 Å². The molecule has 3 rings (SSSR count). The number of hydrogen-bond acceptors (Lipinski definition) is 5. The number of benzene rings is 2. The average Bonchev–Trinajstić information content (AvgIpc) is 3.27. The van der Waals surface area contributed by atoms with E-state index in [0.29, 0.717) is 48.8 Å². The van der Waals surface area contributed by atoms with E-state index in [2.05, 4.69) is 10.0 Å². The normalized spacial score (nSPS) is 16.1. The highest BCUT2D eigenvalue weighted by Gasteiger charge is 2.34. The lowest BCUT2D eigenvalue weighted by Crippen LogP contribution is -2.46. The number of nitrogens with one attached hydrogen (secondary N) is 2. The number of nitrogens with zero attached hydrogens (tertiary/aromatic N) is 1. The Morgan fingerprint density at radius 1 is 1.12 bits per heavy atom. The zero-order chi connectivity index (χ0) is 23.1. The van der Waals surface area contributed by atoms with E-state index >= 15 is 0 Å². The monoisotopic (exact) mass is 479 g/mol. The number of sulfonamides is 1. The number of halogens is 1. The first-order chi connectivity index (χ1) is 15.3. The van der Waals surface area contributed by atoms with E-state index in [1.165, 1.54) is 36.4 Å². The molecule has 1 saturated heterocycles. The van der Waals surface area contributed by atoms with Crippen LogP contribution in [0.3, 0.4) is 0 Å². The number of anilines is 1. The van der Waals surface area contributed by atoms with Gasteiger partial charge in [-0.05, 0) is 67.8 Å². The summed E-state index contributed by atoms with van der Waals surface area (Å²) in [6.07, 6.45) is 2.07. The van der Waals surface area contributed by atoms with Gasteiger partial charge in [-0.1, -0.05) is 11.6 Å². The predicted molar refractivity (Wildman–Crippen MR) is 122 cm³/mol. The molecular weight excluding hydrogens is 454 g/mol. The van der Waals surface area contributed by atoms with Crippen molar-refractivity contribution in [2.45, 2.75) is 30.2 Å². The van der Waals surface area contributed by atoms with Crippen LogP contribution in [0.15, 0.2) is 53.4 Å². The number of ether oxygens (including phenoxy) is 1. The second kappa shape index (κ2) is 10.8. The number of methoxy groups -OCH3 is 1. The van der Waals surface area contributed by atoms with Crippen LogP contribution in [-0.2, 0) is 19.6 Å². The number of likely N-dealkylation sites (tertiary alicyclic amines) is 1. The first kappa shape index (κ1) is 24.0. The predicted octanol–water partition coefficient (Wildman–Crippen LogP) is 2.90. The van der Waals surface area contributed by atoms with Gasteiger partial charge in [-0.25, -0.2) is 8.42 Å². The summed E-state index contributed by atoms with van der Waals surface area (Å²) >= 11 is 5.81. The molecule has 0 radical (unpaired) electrons. The summed E-state index contributed by atoms with van der Waals surface area (Å²) in [6, 6.07) is 11.5.